The van der Waals surface area contributed by atoms with E-state index in [1.807, 2.05) is 6.07 Å². The molecule has 0 spiro atoms. The van der Waals surface area contributed by atoms with E-state index in [1.54, 1.807) is 0 Å². The van der Waals surface area contributed by atoms with Crippen LogP contribution in [0.3, 0.4) is 0 Å². The summed E-state index contributed by atoms with van der Waals surface area (Å²) in [5.74, 6) is 8.59. The topological polar surface area (TPSA) is 68.2 Å². The predicted molar refractivity (Wildman–Crippen MR) is 445 cm³/mol. The molecule has 0 unspecified atom stereocenters. The van der Waals surface area contributed by atoms with Crippen molar-refractivity contribution in [2.75, 3.05) is 0 Å². The summed E-state index contributed by atoms with van der Waals surface area (Å²) < 4.78 is 14.8. The first-order valence-corrected chi connectivity index (χ1v) is 37.0. The van der Waals surface area contributed by atoms with Crippen molar-refractivity contribution in [3.8, 4) is 91.3 Å². The van der Waals surface area contributed by atoms with E-state index in [4.69, 9.17) is 15.0 Å². The Labute approximate surface area is 619 Å². The largest absolute Gasteiger partial charge is 0.312 e. The van der Waals surface area contributed by atoms with Gasteiger partial charge in [0.15, 0.2) is 17.5 Å². The van der Waals surface area contributed by atoms with Crippen LogP contribution >= 0.6 is 0 Å². The van der Waals surface area contributed by atoms with E-state index >= 15 is 0 Å². The van der Waals surface area contributed by atoms with Gasteiger partial charge in [-0.2, -0.15) is 0 Å². The molecule has 108 heavy (non-hydrogen) atoms. The minimum Gasteiger partial charge on any atom is -0.312 e. The molecular weight excluding hydrogens is 1320 g/mol. The summed E-state index contributed by atoms with van der Waals surface area (Å²) in [6, 6.07) is 126. The third-order valence-corrected chi connectivity index (χ3v) is 22.5. The Morgan fingerprint density at radius 3 is 1.18 bits per heavy atom. The zero-order valence-corrected chi connectivity index (χ0v) is 58.3. The summed E-state index contributed by atoms with van der Waals surface area (Å²) in [6.45, 7) is 0. The lowest BCUT2D eigenvalue weighted by molar-refractivity contribution is 0.901. The maximum Gasteiger partial charge on any atom is 0.164 e. The summed E-state index contributed by atoms with van der Waals surface area (Å²) >= 11 is 0. The highest BCUT2D eigenvalue weighted by Crippen LogP contribution is 2.47. The van der Waals surface area contributed by atoms with Crippen molar-refractivity contribution >= 4 is 120 Å². The molecule has 9 nitrogen and oxygen atoms in total. The van der Waals surface area contributed by atoms with Crippen LogP contribution in [0.4, 0.5) is 0 Å². The fourth-order valence-electron chi connectivity index (χ4n) is 17.9. The maximum atomic E-state index is 5.71. The number of hydrogen-bond acceptors (Lipinski definition) is 3. The Bertz CT molecular complexity index is 7390. The van der Waals surface area contributed by atoms with Gasteiger partial charge in [0.1, 0.15) is 0 Å². The van der Waals surface area contributed by atoms with Gasteiger partial charge in [-0.15, -0.1) is 0 Å². The Hall–Kier alpha value is -14.6. The summed E-state index contributed by atoms with van der Waals surface area (Å²) in [7, 11) is 0. The molecule has 1 aliphatic carbocycles. The van der Waals surface area contributed by atoms with Crippen molar-refractivity contribution in [1.82, 2.24) is 42.4 Å². The fraction of sp³-hybridized carbons (Fsp3) is 0.0202. The molecular formula is C99H61N9. The minimum atomic E-state index is 0.538. The van der Waals surface area contributed by atoms with Gasteiger partial charge in [0.2, 0.25) is 0 Å². The quantitative estimate of drug-likeness (QED) is 0.128. The number of fused-ring (bicyclic) bond motifs is 18. The van der Waals surface area contributed by atoms with E-state index in [0.717, 1.165) is 168 Å². The van der Waals surface area contributed by atoms with E-state index in [0.29, 0.717) is 17.5 Å². The molecule has 23 rings (SSSR count). The zero-order valence-electron chi connectivity index (χ0n) is 58.3. The van der Waals surface area contributed by atoms with Crippen LogP contribution in [0.25, 0.3) is 199 Å². The van der Waals surface area contributed by atoms with E-state index in [-0.39, 0.29) is 0 Å². The molecule has 0 radical (unpaired) electrons. The number of benzene rings is 15. The second-order valence-corrected chi connectivity index (χ2v) is 28.4. The summed E-state index contributed by atoms with van der Waals surface area (Å²) in [6.07, 6.45) is 1.66. The molecule has 7 aromatic heterocycles. The minimum absolute atomic E-state index is 0.538. The Morgan fingerprint density at radius 2 is 0.602 bits per heavy atom. The van der Waals surface area contributed by atoms with Crippen LogP contribution in [0, 0.1) is 11.8 Å². The molecule has 0 fully saturated rings. The Balaban J connectivity index is 0.787. The predicted octanol–water partition coefficient (Wildman–Crippen LogP) is 24.3. The van der Waals surface area contributed by atoms with Crippen LogP contribution in [0.1, 0.15) is 17.7 Å². The highest BCUT2D eigenvalue weighted by atomic mass is 15.1. The first-order chi connectivity index (χ1) is 53.6. The molecule has 22 aromatic rings. The van der Waals surface area contributed by atoms with Crippen LogP contribution in [0.15, 0.2) is 346 Å². The number of hydrogen-bond donors (Lipinski definition) is 0. The van der Waals surface area contributed by atoms with Crippen molar-refractivity contribution in [2.45, 2.75) is 12.8 Å². The average Bonchev–Trinajstić information content (AvgIpc) is 1.53. The van der Waals surface area contributed by atoms with Gasteiger partial charge in [0.05, 0.1) is 83.3 Å². The van der Waals surface area contributed by atoms with Crippen molar-refractivity contribution in [3.05, 3.63) is 357 Å². The molecule has 0 saturated heterocycles. The van der Waals surface area contributed by atoms with Crippen LogP contribution < -0.4 is 0 Å². The summed E-state index contributed by atoms with van der Waals surface area (Å²) in [5, 5.41) is 12.9. The molecule has 502 valence electrons. The maximum absolute atomic E-state index is 5.71. The molecule has 0 atom stereocenters. The smallest absolute Gasteiger partial charge is 0.164 e. The highest BCUT2D eigenvalue weighted by Gasteiger charge is 2.29. The number of para-hydroxylation sites is 9. The fourth-order valence-corrected chi connectivity index (χ4v) is 17.9. The SMILES string of the molecule is C1#Cc2c(n(-c3cccc(-c4nc(-c5ccccc5)nc(-c5cc(-n6c7ccccc7c7ccccc76)c(-n6c7ccccc7c7cc(-n8c9ccccc9c9ccc(-c%10ccc%11c(c%10)c%10ccccc%10n%11-c%10ccccc%10)cc98)ccc76)c(-n6c7ccccc7c7ccccc76)c5)n4)c3)c3ccccc23)CC1. The molecule has 0 bridgehead atoms. The second kappa shape index (κ2) is 23.5. The van der Waals surface area contributed by atoms with Crippen LogP contribution in [0.5, 0.6) is 0 Å². The van der Waals surface area contributed by atoms with Gasteiger partial charge in [-0.25, -0.2) is 15.0 Å². The number of rotatable bonds is 10. The van der Waals surface area contributed by atoms with Crippen LogP contribution in [-0.4, -0.2) is 42.4 Å². The van der Waals surface area contributed by atoms with E-state index < -0.39 is 0 Å². The Kier molecular flexibility index (Phi) is 13.0. The van der Waals surface area contributed by atoms with Crippen molar-refractivity contribution in [2.24, 2.45) is 0 Å². The van der Waals surface area contributed by atoms with E-state index in [2.05, 4.69) is 379 Å². The van der Waals surface area contributed by atoms with Gasteiger partial charge < -0.3 is 27.4 Å². The molecule has 7 heterocycles. The highest BCUT2D eigenvalue weighted by molar-refractivity contribution is 6.17. The van der Waals surface area contributed by atoms with E-state index in [1.165, 1.54) is 38.3 Å². The summed E-state index contributed by atoms with van der Waals surface area (Å²) in [4.78, 5) is 16.8. The number of nitrogens with zero attached hydrogens (tertiary/aromatic N) is 9. The molecule has 0 N–H and O–H groups in total. The van der Waals surface area contributed by atoms with Gasteiger partial charge in [-0.3, -0.25) is 0 Å². The third-order valence-electron chi connectivity index (χ3n) is 22.5. The standard InChI is InChI=1S/C99H61N9/c1-3-26-62(27-4-1)97-100-98(65-28-25-31-68(56-65)104-82-41-16-7-32-70(82)71-33-8-17-42-83(71)104)102-99(101-97)66-59-94(106-86-45-20-10-34-72(86)73-35-11-21-46-87(73)106)96(95(60-66)107-88-47-22-12-36-74(88)75-37-13-23-48-89(75)107)108-90-49-24-15-40-78(90)81-61-69(52-55-92(81)108)105-84-43-18-9-38-76(84)79-53-50-64(58-93(79)105)63-51-54-91-80(57-63)77-39-14-19-44-85(77)103(91)67-29-5-2-6-30-67/h1-7,9-16,18-32,34-41,43-61H,17,42H2. The molecule has 0 amide bonds. The first kappa shape index (κ1) is 59.9. The van der Waals surface area contributed by atoms with Gasteiger partial charge in [0.25, 0.3) is 0 Å². The van der Waals surface area contributed by atoms with Crippen molar-refractivity contribution in [3.63, 3.8) is 0 Å². The average molecular weight is 1380 g/mol. The van der Waals surface area contributed by atoms with E-state index in [9.17, 15) is 0 Å². The molecule has 9 heteroatoms. The van der Waals surface area contributed by atoms with Crippen LogP contribution in [0.2, 0.25) is 0 Å². The van der Waals surface area contributed by atoms with Crippen molar-refractivity contribution in [1.29, 1.82) is 0 Å². The Morgan fingerprint density at radius 1 is 0.222 bits per heavy atom. The molecule has 0 aliphatic heterocycles. The van der Waals surface area contributed by atoms with Gasteiger partial charge in [-0.05, 0) is 132 Å². The lowest BCUT2D eigenvalue weighted by Gasteiger charge is -2.23. The second-order valence-electron chi connectivity index (χ2n) is 28.4. The lowest BCUT2D eigenvalue weighted by Crippen LogP contribution is -2.10. The first-order valence-electron chi connectivity index (χ1n) is 37.0. The summed E-state index contributed by atoms with van der Waals surface area (Å²) in [5.41, 5.74) is 25.5. The molecule has 1 aliphatic rings. The van der Waals surface area contributed by atoms with Gasteiger partial charge in [-0.1, -0.05) is 236 Å². The monoisotopic (exact) mass is 1380 g/mol. The normalized spacial score (nSPS) is 12.4. The molecule has 0 saturated carbocycles. The van der Waals surface area contributed by atoms with Crippen molar-refractivity contribution < 1.29 is 0 Å². The molecule has 15 aromatic carbocycles. The van der Waals surface area contributed by atoms with Gasteiger partial charge >= 0.3 is 0 Å². The number of aromatic nitrogens is 9. The zero-order chi connectivity index (χ0) is 70.7. The van der Waals surface area contributed by atoms with Crippen LogP contribution in [-0.2, 0) is 6.42 Å². The third kappa shape index (κ3) is 8.92. The lowest BCUT2D eigenvalue weighted by atomic mass is 10.0. The van der Waals surface area contributed by atoms with Gasteiger partial charge in [0, 0.05) is 112 Å².